The van der Waals surface area contributed by atoms with E-state index in [2.05, 4.69) is 19.2 Å². The Labute approximate surface area is 107 Å². The maximum absolute atomic E-state index is 11.3. The molecule has 0 aromatic carbocycles. The molecule has 1 atom stereocenters. The maximum Gasteiger partial charge on any atom is 0.150 e. The number of rotatable bonds is 11. The molecule has 0 radical (unpaired) electrons. The van der Waals surface area contributed by atoms with E-state index in [9.17, 15) is 8.42 Å². The predicted molar refractivity (Wildman–Crippen MR) is 75.2 cm³/mol. The van der Waals surface area contributed by atoms with Crippen LogP contribution in [0.25, 0.3) is 0 Å². The molecular weight excluding hydrogens is 234 g/mol. The van der Waals surface area contributed by atoms with Gasteiger partial charge in [-0.1, -0.05) is 39.5 Å². The Hall–Kier alpha value is -0.0900. The zero-order valence-electron chi connectivity index (χ0n) is 11.7. The van der Waals surface area contributed by atoms with E-state index in [1.807, 2.05) is 0 Å². The summed E-state index contributed by atoms with van der Waals surface area (Å²) in [5, 5.41) is 3.39. The van der Waals surface area contributed by atoms with E-state index in [0.717, 1.165) is 13.0 Å². The van der Waals surface area contributed by atoms with Crippen LogP contribution in [0.15, 0.2) is 0 Å². The molecular formula is C13H29NO2S. The summed E-state index contributed by atoms with van der Waals surface area (Å²) in [7, 11) is -2.78. The van der Waals surface area contributed by atoms with Gasteiger partial charge in [-0.15, -0.1) is 0 Å². The van der Waals surface area contributed by atoms with Crippen LogP contribution in [0.5, 0.6) is 0 Å². The summed E-state index contributed by atoms with van der Waals surface area (Å²) in [4.78, 5) is 0. The van der Waals surface area contributed by atoms with Gasteiger partial charge < -0.3 is 5.32 Å². The van der Waals surface area contributed by atoms with Crippen molar-refractivity contribution in [3.8, 4) is 0 Å². The quantitative estimate of drug-likeness (QED) is 0.583. The molecule has 0 fully saturated rings. The van der Waals surface area contributed by atoms with E-state index >= 15 is 0 Å². The molecule has 0 saturated carbocycles. The van der Waals surface area contributed by atoms with E-state index in [-0.39, 0.29) is 5.75 Å². The Kier molecular flexibility index (Phi) is 9.84. The number of unbranched alkanes of at least 4 members (excludes halogenated alkanes) is 3. The number of nitrogens with one attached hydrogen (secondary N) is 1. The van der Waals surface area contributed by atoms with E-state index in [1.54, 1.807) is 6.92 Å². The third-order valence-electron chi connectivity index (χ3n) is 3.06. The molecule has 0 rings (SSSR count). The molecule has 0 aromatic rings. The second-order valence-corrected chi connectivity index (χ2v) is 7.27. The molecule has 0 aliphatic carbocycles. The van der Waals surface area contributed by atoms with Gasteiger partial charge in [-0.25, -0.2) is 8.42 Å². The van der Waals surface area contributed by atoms with Gasteiger partial charge in [-0.3, -0.25) is 0 Å². The average molecular weight is 263 g/mol. The molecule has 0 aliphatic heterocycles. The summed E-state index contributed by atoms with van der Waals surface area (Å²) in [6, 6.07) is 0.510. The van der Waals surface area contributed by atoms with Crippen molar-refractivity contribution in [3.05, 3.63) is 0 Å². The largest absolute Gasteiger partial charge is 0.314 e. The maximum atomic E-state index is 11.3. The molecule has 1 N–H and O–H groups in total. The molecule has 0 aliphatic rings. The van der Waals surface area contributed by atoms with Crippen molar-refractivity contribution in [1.82, 2.24) is 5.32 Å². The normalized spacial score (nSPS) is 13.8. The summed E-state index contributed by atoms with van der Waals surface area (Å²) < 4.78 is 22.5. The minimum absolute atomic E-state index is 0.263. The van der Waals surface area contributed by atoms with Gasteiger partial charge >= 0.3 is 0 Å². The first-order chi connectivity index (χ1) is 8.02. The topological polar surface area (TPSA) is 46.2 Å². The Morgan fingerprint density at radius 3 is 2.35 bits per heavy atom. The van der Waals surface area contributed by atoms with E-state index in [1.165, 1.54) is 32.1 Å². The zero-order valence-corrected chi connectivity index (χ0v) is 12.5. The molecule has 0 bridgehead atoms. The second kappa shape index (κ2) is 9.89. The first-order valence-corrected chi connectivity index (χ1v) is 8.77. The molecule has 3 nitrogen and oxygen atoms in total. The molecule has 104 valence electrons. The summed E-state index contributed by atoms with van der Waals surface area (Å²) in [5.41, 5.74) is 0. The molecule has 0 heterocycles. The standard InChI is InChI=1S/C13H29NO2S/c1-4-6-7-8-10-13(3)14-11-9-12-17(15,16)5-2/h13-14H,4-12H2,1-3H3. The third-order valence-corrected chi connectivity index (χ3v) is 4.85. The number of hydrogen-bond donors (Lipinski definition) is 1. The summed E-state index contributed by atoms with van der Waals surface area (Å²) in [5.74, 6) is 0.582. The van der Waals surface area contributed by atoms with Gasteiger partial charge in [0.2, 0.25) is 0 Å². The second-order valence-electron chi connectivity index (χ2n) is 4.79. The summed E-state index contributed by atoms with van der Waals surface area (Å²) >= 11 is 0. The van der Waals surface area contributed by atoms with Crippen LogP contribution in [-0.4, -0.2) is 32.5 Å². The first-order valence-electron chi connectivity index (χ1n) is 6.95. The first kappa shape index (κ1) is 16.9. The van der Waals surface area contributed by atoms with E-state index < -0.39 is 9.84 Å². The summed E-state index contributed by atoms with van der Waals surface area (Å²) in [6.45, 7) is 6.92. The fourth-order valence-corrected chi connectivity index (χ4v) is 2.64. The molecule has 0 spiro atoms. The van der Waals surface area contributed by atoms with Crippen LogP contribution >= 0.6 is 0 Å². The van der Waals surface area contributed by atoms with Crippen molar-refractivity contribution in [2.75, 3.05) is 18.1 Å². The van der Waals surface area contributed by atoms with Crippen molar-refractivity contribution in [3.63, 3.8) is 0 Å². The van der Waals surface area contributed by atoms with Crippen LogP contribution in [0.3, 0.4) is 0 Å². The summed E-state index contributed by atoms with van der Waals surface area (Å²) in [6.07, 6.45) is 7.11. The lowest BCUT2D eigenvalue weighted by atomic mass is 10.1. The highest BCUT2D eigenvalue weighted by Gasteiger charge is 2.07. The Balaban J connectivity index is 3.42. The van der Waals surface area contributed by atoms with Crippen LogP contribution in [0, 0.1) is 0 Å². The van der Waals surface area contributed by atoms with Gasteiger partial charge in [-0.2, -0.15) is 0 Å². The molecule has 4 heteroatoms. The lowest BCUT2D eigenvalue weighted by Crippen LogP contribution is -2.28. The van der Waals surface area contributed by atoms with Crippen LogP contribution in [0.4, 0.5) is 0 Å². The highest BCUT2D eigenvalue weighted by atomic mass is 32.2. The Morgan fingerprint density at radius 1 is 1.06 bits per heavy atom. The number of sulfone groups is 1. The van der Waals surface area contributed by atoms with Gasteiger partial charge in [0.1, 0.15) is 9.84 Å². The van der Waals surface area contributed by atoms with Crippen molar-refractivity contribution >= 4 is 9.84 Å². The molecule has 0 amide bonds. The van der Waals surface area contributed by atoms with E-state index in [0.29, 0.717) is 11.8 Å². The fourth-order valence-electron chi connectivity index (χ4n) is 1.76. The molecule has 17 heavy (non-hydrogen) atoms. The van der Waals surface area contributed by atoms with Crippen molar-refractivity contribution in [2.24, 2.45) is 0 Å². The van der Waals surface area contributed by atoms with Gasteiger partial charge in [0.25, 0.3) is 0 Å². The highest BCUT2D eigenvalue weighted by molar-refractivity contribution is 7.91. The molecule has 0 saturated heterocycles. The smallest absolute Gasteiger partial charge is 0.150 e. The van der Waals surface area contributed by atoms with Crippen LogP contribution < -0.4 is 5.32 Å². The molecule has 1 unspecified atom stereocenters. The average Bonchev–Trinajstić information content (AvgIpc) is 2.30. The van der Waals surface area contributed by atoms with Crippen LogP contribution in [0.2, 0.25) is 0 Å². The number of hydrogen-bond acceptors (Lipinski definition) is 3. The van der Waals surface area contributed by atoms with E-state index in [4.69, 9.17) is 0 Å². The van der Waals surface area contributed by atoms with Crippen LogP contribution in [0.1, 0.15) is 59.3 Å². The SMILES string of the molecule is CCCCCCC(C)NCCCS(=O)(=O)CC. The van der Waals surface area contributed by atoms with Crippen molar-refractivity contribution in [2.45, 2.75) is 65.3 Å². The minimum atomic E-state index is -2.78. The fraction of sp³-hybridized carbons (Fsp3) is 1.00. The lowest BCUT2D eigenvalue weighted by Gasteiger charge is -2.13. The predicted octanol–water partition coefficient (Wildman–Crippen LogP) is 2.76. The highest BCUT2D eigenvalue weighted by Crippen LogP contribution is 2.05. The van der Waals surface area contributed by atoms with Crippen molar-refractivity contribution < 1.29 is 8.42 Å². The van der Waals surface area contributed by atoms with Gasteiger partial charge in [-0.05, 0) is 26.3 Å². The van der Waals surface area contributed by atoms with Gasteiger partial charge in [0, 0.05) is 11.8 Å². The van der Waals surface area contributed by atoms with Gasteiger partial charge in [0.05, 0.1) is 5.75 Å². The Morgan fingerprint density at radius 2 is 1.76 bits per heavy atom. The minimum Gasteiger partial charge on any atom is -0.314 e. The van der Waals surface area contributed by atoms with Gasteiger partial charge in [0.15, 0.2) is 0 Å². The van der Waals surface area contributed by atoms with Crippen molar-refractivity contribution in [1.29, 1.82) is 0 Å². The lowest BCUT2D eigenvalue weighted by molar-refractivity contribution is 0.482. The van der Waals surface area contributed by atoms with Crippen LogP contribution in [-0.2, 0) is 9.84 Å². The monoisotopic (exact) mass is 263 g/mol. The third kappa shape index (κ3) is 10.8. The Bertz CT molecular complexity index is 263. The zero-order chi connectivity index (χ0) is 13.1. The molecule has 0 aromatic heterocycles.